The van der Waals surface area contributed by atoms with Crippen molar-refractivity contribution in [3.05, 3.63) is 47.7 Å². The van der Waals surface area contributed by atoms with Gasteiger partial charge in [-0.3, -0.25) is 4.99 Å². The van der Waals surface area contributed by atoms with Gasteiger partial charge in [-0.25, -0.2) is 0 Å². The number of H-pyrrole nitrogens is 1. The number of benzene rings is 1. The molecule has 7 N–H and O–H groups in total. The van der Waals surface area contributed by atoms with Crippen LogP contribution in [0.5, 0.6) is 0 Å². The zero-order valence-electron chi connectivity index (χ0n) is 29.3. The zero-order chi connectivity index (χ0) is 33.6. The van der Waals surface area contributed by atoms with E-state index in [0.29, 0.717) is 12.3 Å². The summed E-state index contributed by atoms with van der Waals surface area (Å²) >= 11 is 0. The molecule has 9 rings (SSSR count). The van der Waals surface area contributed by atoms with E-state index in [2.05, 4.69) is 77.4 Å². The lowest BCUT2D eigenvalue weighted by molar-refractivity contribution is -0.128. The average molecular weight is 653 g/mol. The summed E-state index contributed by atoms with van der Waals surface area (Å²) in [4.78, 5) is 7.94. The molecule has 0 radical (unpaired) electrons. The number of allylic oxidation sites excluding steroid dienone is 2. The summed E-state index contributed by atoms with van der Waals surface area (Å²) in [7, 11) is 1.65. The van der Waals surface area contributed by atoms with Gasteiger partial charge in [-0.1, -0.05) is 55.5 Å². The van der Waals surface area contributed by atoms with E-state index < -0.39 is 23.3 Å². The van der Waals surface area contributed by atoms with Crippen LogP contribution in [0.4, 0.5) is 0 Å². The molecular formula is C41H56N4O3. The van der Waals surface area contributed by atoms with Crippen molar-refractivity contribution < 1.29 is 15.3 Å². The Morgan fingerprint density at radius 3 is 2.67 bits per heavy atom. The molecule has 12 atom stereocenters. The number of rotatable bonds is 5. The Kier molecular flexibility index (Phi) is 7.68. The number of fused-ring (bicyclic) bond motifs is 2. The quantitative estimate of drug-likeness (QED) is 0.107. The fourth-order valence-electron chi connectivity index (χ4n) is 12.6. The largest absolute Gasteiger partial charge is 0.390 e. The minimum absolute atomic E-state index is 0.0752. The summed E-state index contributed by atoms with van der Waals surface area (Å²) in [6.07, 6.45) is 11.9. The molecule has 7 nitrogen and oxygen atoms in total. The molecule has 0 amide bonds. The topological polar surface area (TPSA) is 127 Å². The fourth-order valence-corrected chi connectivity index (χ4v) is 12.6. The molecule has 5 saturated carbocycles. The van der Waals surface area contributed by atoms with Crippen LogP contribution in [0.2, 0.25) is 0 Å². The maximum absolute atomic E-state index is 12.9. The molecule has 4 bridgehead atoms. The van der Waals surface area contributed by atoms with Crippen LogP contribution in [0.25, 0.3) is 10.9 Å². The molecule has 1 aromatic carbocycles. The van der Waals surface area contributed by atoms with Crippen molar-refractivity contribution in [1.82, 2.24) is 10.3 Å². The standard InChI is InChI=1S/C41H56N4O3/c1-24(2)15-25-13-14-39(19-25)20-28-9-11-30(45-37(42)43-4)23-41(48)35(46)18-33-36(41)32-12-10-27(38(33,3)47)22-40(28,32)29(21-39)17-31-16-26-7-5-6-8-34(26)44-31/h5-8,16,21,24-25,27-28,30,32-33,35-36,44,46-48H,10,12-15,17-20,22-23H2,1-4H3,(H3,42,43,45)/t25-,27-,28+,30+,32-,33+,35+,36+,38-,39+,40+,41+/m1/s1. The Morgan fingerprint density at radius 1 is 1.08 bits per heavy atom. The highest BCUT2D eigenvalue weighted by Gasteiger charge is 2.71. The first-order chi connectivity index (χ1) is 22.9. The van der Waals surface area contributed by atoms with Gasteiger partial charge < -0.3 is 31.4 Å². The molecule has 2 spiro atoms. The molecule has 1 heterocycles. The Morgan fingerprint density at radius 2 is 1.90 bits per heavy atom. The number of aliphatic imine (C=N–C) groups is 1. The summed E-state index contributed by atoms with van der Waals surface area (Å²) in [6, 6.07) is 10.4. The predicted octanol–water partition coefficient (Wildman–Crippen LogP) is 5.69. The molecule has 0 aliphatic heterocycles. The maximum atomic E-state index is 12.9. The maximum Gasteiger partial charge on any atom is 0.189 e. The highest BCUT2D eigenvalue weighted by molar-refractivity contribution is 5.80. The Labute approximate surface area is 286 Å². The number of hydrogen-bond donors (Lipinski definition) is 6. The SMILES string of the molecule is CN=C(N)N[C@H]1C#C[C@H]2C[C@]3(C=C(Cc4cc5ccccc5[nH]4)[C@]24C[C@H]2CC[C@@H]4[C@H]4[C@H](C[C@H](O)[C@@]4(O)C1)[C@]2(C)O)CC[C@H](CC(C)C)C3. The molecule has 0 saturated heterocycles. The van der Waals surface area contributed by atoms with Crippen LogP contribution in [0.15, 0.2) is 47.0 Å². The lowest BCUT2D eigenvalue weighted by atomic mass is 9.46. The molecule has 7 aliphatic carbocycles. The first-order valence-electron chi connectivity index (χ1n) is 18.8. The van der Waals surface area contributed by atoms with E-state index in [1.807, 2.05) is 6.92 Å². The fraction of sp³-hybridized carbons (Fsp3) is 0.683. The Bertz CT molecular complexity index is 1660. The van der Waals surface area contributed by atoms with Gasteiger partial charge in [0.15, 0.2) is 5.96 Å². The van der Waals surface area contributed by atoms with E-state index in [0.717, 1.165) is 43.5 Å². The number of nitrogens with two attached hydrogens (primary N) is 1. The number of nitrogens with one attached hydrogen (secondary N) is 2. The van der Waals surface area contributed by atoms with Crippen LogP contribution >= 0.6 is 0 Å². The molecule has 258 valence electrons. The second-order valence-corrected chi connectivity index (χ2v) is 17.6. The summed E-state index contributed by atoms with van der Waals surface area (Å²) in [5.74, 6) is 9.03. The molecule has 0 unspecified atom stereocenters. The van der Waals surface area contributed by atoms with Crippen LogP contribution in [-0.2, 0) is 6.42 Å². The van der Waals surface area contributed by atoms with Gasteiger partial charge in [-0.05, 0) is 123 Å². The summed E-state index contributed by atoms with van der Waals surface area (Å²) < 4.78 is 0. The molecule has 7 heteroatoms. The highest BCUT2D eigenvalue weighted by Crippen LogP contribution is 2.72. The van der Waals surface area contributed by atoms with Crippen LogP contribution < -0.4 is 11.1 Å². The van der Waals surface area contributed by atoms with Crippen molar-refractivity contribution in [3.8, 4) is 11.8 Å². The smallest absolute Gasteiger partial charge is 0.189 e. The number of aromatic nitrogens is 1. The number of aliphatic hydroxyl groups excluding tert-OH is 1. The molecule has 1 aromatic heterocycles. The summed E-state index contributed by atoms with van der Waals surface area (Å²) in [5, 5.41) is 41.8. The van der Waals surface area contributed by atoms with Crippen LogP contribution in [0.1, 0.15) is 90.7 Å². The monoisotopic (exact) mass is 652 g/mol. The van der Waals surface area contributed by atoms with Gasteiger partial charge in [0.25, 0.3) is 0 Å². The Balaban J connectivity index is 1.34. The van der Waals surface area contributed by atoms with Gasteiger partial charge in [-0.15, -0.1) is 0 Å². The molecule has 5 fully saturated rings. The van der Waals surface area contributed by atoms with Gasteiger partial charge in [0.2, 0.25) is 0 Å². The van der Waals surface area contributed by atoms with E-state index in [-0.39, 0.29) is 52.8 Å². The normalized spacial score (nSPS) is 44.8. The molecular weight excluding hydrogens is 596 g/mol. The number of guanidine groups is 1. The highest BCUT2D eigenvalue weighted by atomic mass is 16.3. The van der Waals surface area contributed by atoms with Crippen molar-refractivity contribution in [2.24, 2.45) is 63.0 Å². The number of nitrogens with zero attached hydrogens (tertiary/aromatic N) is 1. The van der Waals surface area contributed by atoms with Crippen molar-refractivity contribution in [3.63, 3.8) is 0 Å². The van der Waals surface area contributed by atoms with Crippen LogP contribution in [-0.4, -0.2) is 56.7 Å². The third-order valence-electron chi connectivity index (χ3n) is 14.5. The molecule has 2 aromatic rings. The summed E-state index contributed by atoms with van der Waals surface area (Å²) in [6.45, 7) is 6.71. The van der Waals surface area contributed by atoms with E-state index in [4.69, 9.17) is 5.73 Å². The van der Waals surface area contributed by atoms with Crippen molar-refractivity contribution in [1.29, 1.82) is 0 Å². The average Bonchev–Trinajstić information content (AvgIpc) is 3.67. The van der Waals surface area contributed by atoms with Gasteiger partial charge >= 0.3 is 0 Å². The minimum Gasteiger partial charge on any atom is -0.390 e. The number of para-hydroxylation sites is 1. The number of hydrogen-bond acceptors (Lipinski definition) is 4. The number of aliphatic hydroxyl groups is 3. The first kappa shape index (κ1) is 32.4. The Hall–Kier alpha value is -2.79. The molecule has 7 aliphatic rings. The van der Waals surface area contributed by atoms with Gasteiger partial charge in [0.1, 0.15) is 0 Å². The van der Waals surface area contributed by atoms with E-state index in [9.17, 15) is 15.3 Å². The third-order valence-corrected chi connectivity index (χ3v) is 14.5. The van der Waals surface area contributed by atoms with Gasteiger partial charge in [0, 0.05) is 42.4 Å². The predicted molar refractivity (Wildman–Crippen MR) is 191 cm³/mol. The minimum atomic E-state index is -1.40. The van der Waals surface area contributed by atoms with E-state index in [1.165, 1.54) is 42.3 Å². The van der Waals surface area contributed by atoms with Gasteiger partial charge in [0.05, 0.1) is 23.3 Å². The van der Waals surface area contributed by atoms with Crippen LogP contribution in [0.3, 0.4) is 0 Å². The number of aromatic amines is 1. The van der Waals surface area contributed by atoms with Crippen LogP contribution in [0, 0.1) is 64.1 Å². The van der Waals surface area contributed by atoms with Gasteiger partial charge in [-0.2, -0.15) is 0 Å². The first-order valence-corrected chi connectivity index (χ1v) is 18.8. The second kappa shape index (κ2) is 11.4. The van der Waals surface area contributed by atoms with E-state index in [1.54, 1.807) is 7.05 Å². The molecule has 48 heavy (non-hydrogen) atoms. The van der Waals surface area contributed by atoms with Crippen molar-refractivity contribution in [2.45, 2.75) is 115 Å². The third kappa shape index (κ3) is 4.91. The second-order valence-electron chi connectivity index (χ2n) is 17.6. The van der Waals surface area contributed by atoms with Crippen molar-refractivity contribution in [2.75, 3.05) is 7.05 Å². The lowest BCUT2D eigenvalue weighted by Crippen LogP contribution is -2.56. The van der Waals surface area contributed by atoms with Crippen molar-refractivity contribution >= 4 is 16.9 Å². The summed E-state index contributed by atoms with van der Waals surface area (Å²) in [5.41, 5.74) is 7.45. The lowest BCUT2D eigenvalue weighted by Gasteiger charge is -2.58. The van der Waals surface area contributed by atoms with E-state index >= 15 is 0 Å². The zero-order valence-corrected chi connectivity index (χ0v) is 29.3.